The highest BCUT2D eigenvalue weighted by Crippen LogP contribution is 2.39. The van der Waals surface area contributed by atoms with Crippen LogP contribution in [0.25, 0.3) is 20.4 Å². The molecule has 2 unspecified atom stereocenters. The van der Waals surface area contributed by atoms with Gasteiger partial charge in [0.15, 0.2) is 11.6 Å². The summed E-state index contributed by atoms with van der Waals surface area (Å²) in [5, 5.41) is 7.29. The van der Waals surface area contributed by atoms with Gasteiger partial charge in [-0.25, -0.2) is 18.7 Å². The molecular formula is C19H16F2N4S2. The number of thiophene rings is 1. The Bertz CT molecular complexity index is 1150. The molecule has 1 aliphatic rings. The van der Waals surface area contributed by atoms with Gasteiger partial charge in [0.25, 0.3) is 0 Å². The van der Waals surface area contributed by atoms with Gasteiger partial charge in [0.2, 0.25) is 0 Å². The summed E-state index contributed by atoms with van der Waals surface area (Å²) in [6.07, 6.45) is 2.75. The standard InChI is InChI=1S/C19H16F2N4S2/c1-9-10(2-4-22-9)14-6-11-13(3-5-23-19(11)27-14)25-17-12(20)7-15-18(16(17)21)24-8-26-15/h3,5-10,22H,2,4H2,1H3,(H,23,25). The Morgan fingerprint density at radius 2 is 2.15 bits per heavy atom. The Hall–Kier alpha value is -2.16. The lowest BCUT2D eigenvalue weighted by molar-refractivity contribution is 0.598. The Morgan fingerprint density at radius 1 is 1.26 bits per heavy atom. The van der Waals surface area contributed by atoms with Gasteiger partial charge >= 0.3 is 0 Å². The summed E-state index contributed by atoms with van der Waals surface area (Å²) in [5.74, 6) is -0.851. The van der Waals surface area contributed by atoms with Crippen molar-refractivity contribution < 1.29 is 8.78 Å². The molecule has 2 N–H and O–H groups in total. The first-order valence-electron chi connectivity index (χ1n) is 8.72. The highest BCUT2D eigenvalue weighted by Gasteiger charge is 2.26. The summed E-state index contributed by atoms with van der Waals surface area (Å²) < 4.78 is 29.8. The number of hydrogen-bond acceptors (Lipinski definition) is 6. The van der Waals surface area contributed by atoms with E-state index in [2.05, 4.69) is 33.6 Å². The van der Waals surface area contributed by atoms with Crippen LogP contribution in [0.3, 0.4) is 0 Å². The maximum Gasteiger partial charge on any atom is 0.176 e. The number of nitrogens with zero attached hydrogens (tertiary/aromatic N) is 2. The summed E-state index contributed by atoms with van der Waals surface area (Å²) in [7, 11) is 0. The molecule has 0 amide bonds. The summed E-state index contributed by atoms with van der Waals surface area (Å²) in [6.45, 7) is 3.19. The minimum absolute atomic E-state index is 0.176. The van der Waals surface area contributed by atoms with Gasteiger partial charge in [-0.2, -0.15) is 0 Å². The molecule has 0 aliphatic carbocycles. The summed E-state index contributed by atoms with van der Waals surface area (Å²) >= 11 is 2.86. The van der Waals surface area contributed by atoms with E-state index in [9.17, 15) is 8.78 Å². The molecule has 138 valence electrons. The minimum atomic E-state index is -0.666. The highest BCUT2D eigenvalue weighted by atomic mass is 32.1. The third kappa shape index (κ3) is 2.79. The van der Waals surface area contributed by atoms with Crippen molar-refractivity contribution in [3.05, 3.63) is 46.4 Å². The summed E-state index contributed by atoms with van der Waals surface area (Å²) in [4.78, 5) is 10.6. The monoisotopic (exact) mass is 402 g/mol. The van der Waals surface area contributed by atoms with Crippen molar-refractivity contribution in [3.8, 4) is 0 Å². The van der Waals surface area contributed by atoms with Crippen LogP contribution in [-0.4, -0.2) is 22.6 Å². The lowest BCUT2D eigenvalue weighted by Gasteiger charge is -2.12. The second-order valence-electron chi connectivity index (χ2n) is 6.74. The van der Waals surface area contributed by atoms with Gasteiger partial charge in [0.05, 0.1) is 15.9 Å². The Kier molecular flexibility index (Phi) is 4.07. The largest absolute Gasteiger partial charge is 0.350 e. The molecule has 27 heavy (non-hydrogen) atoms. The number of thiazole rings is 1. The van der Waals surface area contributed by atoms with E-state index in [4.69, 9.17) is 0 Å². The third-order valence-electron chi connectivity index (χ3n) is 5.12. The molecule has 2 atom stereocenters. The minimum Gasteiger partial charge on any atom is -0.350 e. The molecule has 1 aromatic carbocycles. The van der Waals surface area contributed by atoms with Crippen molar-refractivity contribution in [1.82, 2.24) is 15.3 Å². The van der Waals surface area contributed by atoms with Crippen LogP contribution in [0.1, 0.15) is 24.1 Å². The first kappa shape index (κ1) is 17.0. The van der Waals surface area contributed by atoms with Crippen LogP contribution >= 0.6 is 22.7 Å². The fraction of sp³-hybridized carbons (Fsp3) is 0.263. The maximum atomic E-state index is 14.8. The van der Waals surface area contributed by atoms with Crippen LogP contribution in [-0.2, 0) is 0 Å². The zero-order valence-electron chi connectivity index (χ0n) is 14.4. The highest BCUT2D eigenvalue weighted by molar-refractivity contribution is 7.18. The van der Waals surface area contributed by atoms with E-state index in [1.807, 2.05) is 0 Å². The first-order chi connectivity index (χ1) is 13.1. The summed E-state index contributed by atoms with van der Waals surface area (Å²) in [6, 6.07) is 5.58. The topological polar surface area (TPSA) is 49.8 Å². The van der Waals surface area contributed by atoms with Crippen LogP contribution in [0.15, 0.2) is 29.9 Å². The van der Waals surface area contributed by atoms with Gasteiger partial charge < -0.3 is 10.6 Å². The second kappa shape index (κ2) is 6.47. The predicted molar refractivity (Wildman–Crippen MR) is 107 cm³/mol. The molecule has 0 saturated carbocycles. The van der Waals surface area contributed by atoms with Crippen LogP contribution in [0.4, 0.5) is 20.2 Å². The molecule has 5 rings (SSSR count). The molecule has 1 saturated heterocycles. The van der Waals surface area contributed by atoms with Gasteiger partial charge in [0.1, 0.15) is 16.0 Å². The fourth-order valence-electron chi connectivity index (χ4n) is 3.68. The predicted octanol–water partition coefficient (Wildman–Crippen LogP) is 5.39. The Balaban J connectivity index is 1.58. The molecule has 8 heteroatoms. The average molecular weight is 402 g/mol. The molecule has 1 fully saturated rings. The van der Waals surface area contributed by atoms with E-state index < -0.39 is 11.6 Å². The molecule has 4 aromatic rings. The van der Waals surface area contributed by atoms with E-state index in [-0.39, 0.29) is 11.2 Å². The number of nitrogens with one attached hydrogen (secondary N) is 2. The number of pyridine rings is 1. The van der Waals surface area contributed by atoms with Crippen molar-refractivity contribution in [2.75, 3.05) is 11.9 Å². The maximum absolute atomic E-state index is 14.8. The number of fused-ring (bicyclic) bond motifs is 2. The fourth-order valence-corrected chi connectivity index (χ4v) is 5.64. The lowest BCUT2D eigenvalue weighted by atomic mass is 10.00. The normalized spacial score (nSPS) is 20.0. The number of halogens is 2. The molecular weight excluding hydrogens is 386 g/mol. The zero-order chi connectivity index (χ0) is 18.5. The quantitative estimate of drug-likeness (QED) is 0.482. The molecule has 0 bridgehead atoms. The van der Waals surface area contributed by atoms with Crippen LogP contribution < -0.4 is 10.6 Å². The molecule has 0 radical (unpaired) electrons. The molecule has 1 aliphatic heterocycles. The van der Waals surface area contributed by atoms with E-state index in [1.165, 1.54) is 27.8 Å². The summed E-state index contributed by atoms with van der Waals surface area (Å²) in [5.41, 5.74) is 2.17. The Labute approximate surface area is 162 Å². The van der Waals surface area contributed by atoms with E-state index >= 15 is 0 Å². The van der Waals surface area contributed by atoms with E-state index in [0.29, 0.717) is 22.3 Å². The van der Waals surface area contributed by atoms with Gasteiger partial charge in [-0.3, -0.25) is 0 Å². The molecule has 3 aromatic heterocycles. The SMILES string of the molecule is CC1NCCC1c1cc2c(Nc3c(F)cc4scnc4c3F)ccnc2s1. The van der Waals surface area contributed by atoms with E-state index in [0.717, 1.165) is 23.2 Å². The number of benzene rings is 1. The van der Waals surface area contributed by atoms with Gasteiger partial charge in [-0.1, -0.05) is 0 Å². The van der Waals surface area contributed by atoms with Crippen molar-refractivity contribution >= 4 is 54.5 Å². The zero-order valence-corrected chi connectivity index (χ0v) is 16.1. The second-order valence-corrected chi connectivity index (χ2v) is 8.68. The van der Waals surface area contributed by atoms with Crippen molar-refractivity contribution in [2.24, 2.45) is 0 Å². The molecule has 4 heterocycles. The van der Waals surface area contributed by atoms with Gasteiger partial charge in [-0.05, 0) is 38.1 Å². The van der Waals surface area contributed by atoms with Crippen molar-refractivity contribution in [1.29, 1.82) is 0 Å². The first-order valence-corrected chi connectivity index (χ1v) is 10.4. The van der Waals surface area contributed by atoms with Crippen LogP contribution in [0, 0.1) is 11.6 Å². The van der Waals surface area contributed by atoms with Crippen LogP contribution in [0.2, 0.25) is 0 Å². The average Bonchev–Trinajstić information content (AvgIpc) is 3.37. The third-order valence-corrected chi connectivity index (χ3v) is 7.07. The van der Waals surface area contributed by atoms with Crippen molar-refractivity contribution in [3.63, 3.8) is 0 Å². The molecule has 0 spiro atoms. The number of aromatic nitrogens is 2. The lowest BCUT2D eigenvalue weighted by Crippen LogP contribution is -2.20. The van der Waals surface area contributed by atoms with Gasteiger partial charge in [-0.15, -0.1) is 22.7 Å². The van der Waals surface area contributed by atoms with Gasteiger partial charge in [0, 0.05) is 28.4 Å². The number of hydrogen-bond donors (Lipinski definition) is 2. The van der Waals surface area contributed by atoms with E-state index in [1.54, 1.807) is 23.6 Å². The van der Waals surface area contributed by atoms with Crippen molar-refractivity contribution in [2.45, 2.75) is 25.3 Å². The smallest absolute Gasteiger partial charge is 0.176 e. The molecule has 4 nitrogen and oxygen atoms in total. The number of rotatable bonds is 3. The Morgan fingerprint density at radius 3 is 2.96 bits per heavy atom. The van der Waals surface area contributed by atoms with Crippen LogP contribution in [0.5, 0.6) is 0 Å². The number of anilines is 2.